The van der Waals surface area contributed by atoms with Crippen molar-refractivity contribution in [3.8, 4) is 0 Å². The molecule has 1 atom stereocenters. The molecule has 18 heavy (non-hydrogen) atoms. The Morgan fingerprint density at radius 3 is 3.06 bits per heavy atom. The highest BCUT2D eigenvalue weighted by Gasteiger charge is 2.13. The van der Waals surface area contributed by atoms with Crippen LogP contribution in [0.4, 0.5) is 5.82 Å². The summed E-state index contributed by atoms with van der Waals surface area (Å²) in [6.45, 7) is 4.73. The van der Waals surface area contributed by atoms with E-state index in [9.17, 15) is 0 Å². The number of anilines is 1. The van der Waals surface area contributed by atoms with Crippen molar-refractivity contribution in [3.05, 3.63) is 17.6 Å². The van der Waals surface area contributed by atoms with Crippen LogP contribution in [-0.4, -0.2) is 36.2 Å². The number of nitrogens with one attached hydrogen (secondary N) is 2. The van der Waals surface area contributed by atoms with E-state index in [-0.39, 0.29) is 0 Å². The Balaban J connectivity index is 2.07. The average Bonchev–Trinajstić information content (AvgIpc) is 2.40. The number of methoxy groups -OCH3 is 1. The van der Waals surface area contributed by atoms with Crippen LogP contribution in [0.3, 0.4) is 0 Å². The van der Waals surface area contributed by atoms with E-state index < -0.39 is 0 Å². The Labute approximate surface area is 108 Å². The molecule has 5 heteroatoms. The summed E-state index contributed by atoms with van der Waals surface area (Å²) in [5.74, 6) is 1.79. The molecule has 1 unspecified atom stereocenters. The summed E-state index contributed by atoms with van der Waals surface area (Å²) >= 11 is 0. The second-order valence-corrected chi connectivity index (χ2v) is 4.63. The monoisotopic (exact) mass is 250 g/mol. The zero-order valence-corrected chi connectivity index (χ0v) is 11.2. The summed E-state index contributed by atoms with van der Waals surface area (Å²) in [6, 6.07) is 2.45. The van der Waals surface area contributed by atoms with E-state index in [1.807, 2.05) is 6.07 Å². The molecular weight excluding hydrogens is 228 g/mol. The predicted molar refractivity (Wildman–Crippen MR) is 71.6 cm³/mol. The van der Waals surface area contributed by atoms with Crippen molar-refractivity contribution in [2.45, 2.75) is 38.8 Å². The minimum atomic E-state index is 0.466. The smallest absolute Gasteiger partial charge is 0.130 e. The van der Waals surface area contributed by atoms with Crippen molar-refractivity contribution in [1.29, 1.82) is 0 Å². The fraction of sp³-hybridized carbons (Fsp3) is 0.692. The molecular formula is C13H22N4O. The number of ether oxygens (including phenoxy) is 1. The van der Waals surface area contributed by atoms with Crippen molar-refractivity contribution in [1.82, 2.24) is 15.3 Å². The van der Waals surface area contributed by atoms with Crippen LogP contribution in [0.1, 0.15) is 31.3 Å². The minimum absolute atomic E-state index is 0.466. The molecule has 2 N–H and O–H groups in total. The third kappa shape index (κ3) is 3.65. The van der Waals surface area contributed by atoms with Crippen molar-refractivity contribution < 1.29 is 4.74 Å². The van der Waals surface area contributed by atoms with Crippen LogP contribution in [0, 0.1) is 0 Å². The maximum atomic E-state index is 5.14. The summed E-state index contributed by atoms with van der Waals surface area (Å²) in [6.07, 6.45) is 3.25. The van der Waals surface area contributed by atoms with Crippen LogP contribution in [0.15, 0.2) is 6.07 Å². The van der Waals surface area contributed by atoms with Gasteiger partial charge in [0.05, 0.1) is 12.3 Å². The topological polar surface area (TPSA) is 59.1 Å². The number of piperidine rings is 1. The third-order valence-corrected chi connectivity index (χ3v) is 3.08. The molecule has 2 heterocycles. The number of aromatic nitrogens is 2. The Hall–Kier alpha value is -1.20. The highest BCUT2D eigenvalue weighted by atomic mass is 16.5. The molecule has 1 fully saturated rings. The fourth-order valence-electron chi connectivity index (χ4n) is 2.19. The average molecular weight is 250 g/mol. The molecule has 1 saturated heterocycles. The van der Waals surface area contributed by atoms with E-state index in [0.29, 0.717) is 12.6 Å². The molecule has 1 aliphatic heterocycles. The van der Waals surface area contributed by atoms with Crippen LogP contribution < -0.4 is 10.6 Å². The Morgan fingerprint density at radius 1 is 1.50 bits per heavy atom. The van der Waals surface area contributed by atoms with Gasteiger partial charge in [0, 0.05) is 32.2 Å². The molecule has 0 spiro atoms. The zero-order valence-electron chi connectivity index (χ0n) is 11.2. The van der Waals surface area contributed by atoms with Gasteiger partial charge in [-0.15, -0.1) is 0 Å². The van der Waals surface area contributed by atoms with Crippen molar-refractivity contribution in [2.75, 3.05) is 25.5 Å². The van der Waals surface area contributed by atoms with Gasteiger partial charge in [0.15, 0.2) is 0 Å². The SMILES string of the molecule is CCc1nc(COC)cc(NC2CCCNC2)n1. The summed E-state index contributed by atoms with van der Waals surface area (Å²) in [5, 5.41) is 6.88. The number of nitrogens with zero attached hydrogens (tertiary/aromatic N) is 2. The van der Waals surface area contributed by atoms with Gasteiger partial charge in [-0.05, 0) is 19.4 Å². The van der Waals surface area contributed by atoms with Crippen LogP contribution >= 0.6 is 0 Å². The summed E-state index contributed by atoms with van der Waals surface area (Å²) < 4.78 is 5.14. The van der Waals surface area contributed by atoms with Crippen LogP contribution in [-0.2, 0) is 17.8 Å². The van der Waals surface area contributed by atoms with E-state index in [4.69, 9.17) is 4.74 Å². The fourth-order valence-corrected chi connectivity index (χ4v) is 2.19. The molecule has 0 amide bonds. The van der Waals surface area contributed by atoms with E-state index in [0.717, 1.165) is 36.8 Å². The normalized spacial score (nSPS) is 19.8. The molecule has 0 aliphatic carbocycles. The largest absolute Gasteiger partial charge is 0.378 e. The van der Waals surface area contributed by atoms with Gasteiger partial charge in [0.1, 0.15) is 11.6 Å². The molecule has 0 saturated carbocycles. The van der Waals surface area contributed by atoms with Gasteiger partial charge in [-0.3, -0.25) is 0 Å². The molecule has 5 nitrogen and oxygen atoms in total. The van der Waals surface area contributed by atoms with Gasteiger partial charge in [-0.1, -0.05) is 6.92 Å². The molecule has 0 aromatic carbocycles. The van der Waals surface area contributed by atoms with Crippen LogP contribution in [0.25, 0.3) is 0 Å². The number of rotatable bonds is 5. The van der Waals surface area contributed by atoms with Crippen molar-refractivity contribution >= 4 is 5.82 Å². The second-order valence-electron chi connectivity index (χ2n) is 4.63. The van der Waals surface area contributed by atoms with Crippen LogP contribution in [0.2, 0.25) is 0 Å². The zero-order chi connectivity index (χ0) is 12.8. The molecule has 1 aromatic heterocycles. The number of hydrogen-bond donors (Lipinski definition) is 2. The molecule has 1 aromatic rings. The van der Waals surface area contributed by atoms with E-state index in [1.165, 1.54) is 12.8 Å². The Kier molecular flexibility index (Phi) is 4.90. The highest BCUT2D eigenvalue weighted by Crippen LogP contribution is 2.13. The van der Waals surface area contributed by atoms with E-state index >= 15 is 0 Å². The number of hydrogen-bond acceptors (Lipinski definition) is 5. The van der Waals surface area contributed by atoms with Gasteiger partial charge >= 0.3 is 0 Å². The number of aryl methyl sites for hydroxylation is 1. The van der Waals surface area contributed by atoms with Gasteiger partial charge < -0.3 is 15.4 Å². The highest BCUT2D eigenvalue weighted by molar-refractivity contribution is 5.37. The first-order valence-electron chi connectivity index (χ1n) is 6.65. The van der Waals surface area contributed by atoms with Gasteiger partial charge in [0.2, 0.25) is 0 Å². The standard InChI is InChI=1S/C13H22N4O/c1-3-12-16-11(9-18-2)7-13(17-12)15-10-5-4-6-14-8-10/h7,10,14H,3-6,8-9H2,1-2H3,(H,15,16,17). The maximum Gasteiger partial charge on any atom is 0.130 e. The summed E-state index contributed by atoms with van der Waals surface area (Å²) in [7, 11) is 1.69. The summed E-state index contributed by atoms with van der Waals surface area (Å²) in [4.78, 5) is 8.97. The lowest BCUT2D eigenvalue weighted by atomic mass is 10.1. The second kappa shape index (κ2) is 6.66. The molecule has 0 bridgehead atoms. The first kappa shape index (κ1) is 13.2. The lowest BCUT2D eigenvalue weighted by Gasteiger charge is -2.24. The molecule has 1 aliphatic rings. The predicted octanol–water partition coefficient (Wildman–Crippen LogP) is 1.35. The van der Waals surface area contributed by atoms with Gasteiger partial charge in [0.25, 0.3) is 0 Å². The van der Waals surface area contributed by atoms with E-state index in [2.05, 4.69) is 27.5 Å². The van der Waals surface area contributed by atoms with Crippen molar-refractivity contribution in [3.63, 3.8) is 0 Å². The summed E-state index contributed by atoms with van der Waals surface area (Å²) in [5.41, 5.74) is 0.940. The maximum absolute atomic E-state index is 5.14. The molecule has 2 rings (SSSR count). The Morgan fingerprint density at radius 2 is 2.39 bits per heavy atom. The molecule has 0 radical (unpaired) electrons. The lowest BCUT2D eigenvalue weighted by molar-refractivity contribution is 0.181. The lowest BCUT2D eigenvalue weighted by Crippen LogP contribution is -2.38. The van der Waals surface area contributed by atoms with E-state index in [1.54, 1.807) is 7.11 Å². The third-order valence-electron chi connectivity index (χ3n) is 3.08. The first-order chi connectivity index (χ1) is 8.81. The van der Waals surface area contributed by atoms with Crippen LogP contribution in [0.5, 0.6) is 0 Å². The van der Waals surface area contributed by atoms with Gasteiger partial charge in [-0.25, -0.2) is 9.97 Å². The van der Waals surface area contributed by atoms with Crippen molar-refractivity contribution in [2.24, 2.45) is 0 Å². The minimum Gasteiger partial charge on any atom is -0.378 e. The van der Waals surface area contributed by atoms with Gasteiger partial charge in [-0.2, -0.15) is 0 Å². The quantitative estimate of drug-likeness (QED) is 0.826. The first-order valence-corrected chi connectivity index (χ1v) is 6.65. The Bertz CT molecular complexity index is 377. The molecule has 100 valence electrons.